The van der Waals surface area contributed by atoms with E-state index in [1.54, 1.807) is 12.1 Å². The van der Waals surface area contributed by atoms with Gasteiger partial charge in [-0.05, 0) is 31.0 Å². The van der Waals surface area contributed by atoms with Gasteiger partial charge < -0.3 is 16.4 Å². The molecule has 5 nitrogen and oxygen atoms in total. The Bertz CT molecular complexity index is 427. The zero-order valence-corrected chi connectivity index (χ0v) is 11.4. The lowest BCUT2D eigenvalue weighted by atomic mass is 10.1. The molecule has 0 aliphatic carbocycles. The van der Waals surface area contributed by atoms with Crippen LogP contribution in [0, 0.1) is 0 Å². The number of amides is 2. The molecular formula is C14H21N3O2. The standard InChI is InChI=1S/C14H21N3O2/c1-10(15)7-8-16-14(19)13-5-3-12(4-6-13)9-17-11(2)18/h3-6,10H,7-9,15H2,1-2H3,(H,16,19)(H,17,18). The zero-order chi connectivity index (χ0) is 14.3. The molecule has 0 aromatic heterocycles. The van der Waals surface area contributed by atoms with E-state index in [0.29, 0.717) is 18.7 Å². The van der Waals surface area contributed by atoms with Gasteiger partial charge in [0.25, 0.3) is 5.91 Å². The molecule has 0 saturated heterocycles. The monoisotopic (exact) mass is 263 g/mol. The van der Waals surface area contributed by atoms with E-state index in [0.717, 1.165) is 12.0 Å². The summed E-state index contributed by atoms with van der Waals surface area (Å²) in [5, 5.41) is 5.52. The molecule has 0 heterocycles. The van der Waals surface area contributed by atoms with Gasteiger partial charge >= 0.3 is 0 Å². The molecule has 4 N–H and O–H groups in total. The fourth-order valence-electron chi connectivity index (χ4n) is 1.52. The van der Waals surface area contributed by atoms with Crippen molar-refractivity contribution >= 4 is 11.8 Å². The minimum Gasteiger partial charge on any atom is -0.352 e. The Kier molecular flexibility index (Phi) is 6.02. The Morgan fingerprint density at radius 1 is 1.21 bits per heavy atom. The van der Waals surface area contributed by atoms with Crippen molar-refractivity contribution in [2.75, 3.05) is 6.54 Å². The molecule has 5 heteroatoms. The summed E-state index contributed by atoms with van der Waals surface area (Å²) < 4.78 is 0. The second kappa shape index (κ2) is 7.53. The Labute approximate surface area is 113 Å². The van der Waals surface area contributed by atoms with Gasteiger partial charge in [0, 0.05) is 31.6 Å². The van der Waals surface area contributed by atoms with Crippen LogP contribution < -0.4 is 16.4 Å². The third kappa shape index (κ3) is 6.01. The lowest BCUT2D eigenvalue weighted by Crippen LogP contribution is -2.28. The van der Waals surface area contributed by atoms with Crippen LogP contribution in [0.1, 0.15) is 36.2 Å². The van der Waals surface area contributed by atoms with Gasteiger partial charge in [0.1, 0.15) is 0 Å². The summed E-state index contributed by atoms with van der Waals surface area (Å²) in [6.07, 6.45) is 0.756. The van der Waals surface area contributed by atoms with Crippen molar-refractivity contribution in [1.82, 2.24) is 10.6 Å². The van der Waals surface area contributed by atoms with Gasteiger partial charge in [-0.25, -0.2) is 0 Å². The Morgan fingerprint density at radius 3 is 2.37 bits per heavy atom. The second-order valence-corrected chi connectivity index (χ2v) is 4.63. The van der Waals surface area contributed by atoms with Crippen molar-refractivity contribution in [1.29, 1.82) is 0 Å². The number of nitrogens with one attached hydrogen (secondary N) is 2. The summed E-state index contributed by atoms with van der Waals surface area (Å²) in [6.45, 7) is 4.43. The zero-order valence-electron chi connectivity index (χ0n) is 11.4. The van der Waals surface area contributed by atoms with Crippen molar-refractivity contribution in [3.63, 3.8) is 0 Å². The van der Waals surface area contributed by atoms with Crippen LogP contribution >= 0.6 is 0 Å². The molecule has 1 aromatic rings. The molecule has 19 heavy (non-hydrogen) atoms. The second-order valence-electron chi connectivity index (χ2n) is 4.63. The maximum absolute atomic E-state index is 11.8. The van der Waals surface area contributed by atoms with Gasteiger partial charge in [-0.1, -0.05) is 12.1 Å². The molecule has 0 saturated carbocycles. The summed E-state index contributed by atoms with van der Waals surface area (Å²) in [7, 11) is 0. The number of carbonyl (C=O) groups excluding carboxylic acids is 2. The van der Waals surface area contributed by atoms with E-state index in [-0.39, 0.29) is 17.9 Å². The topological polar surface area (TPSA) is 84.2 Å². The molecule has 1 aromatic carbocycles. The molecule has 0 aliphatic heterocycles. The van der Waals surface area contributed by atoms with E-state index in [2.05, 4.69) is 10.6 Å². The van der Waals surface area contributed by atoms with Crippen molar-refractivity contribution in [2.45, 2.75) is 32.9 Å². The normalized spacial score (nSPS) is 11.7. The summed E-state index contributed by atoms with van der Waals surface area (Å²) in [5.74, 6) is -0.176. The highest BCUT2D eigenvalue weighted by Crippen LogP contribution is 2.04. The molecule has 0 aliphatic rings. The molecule has 0 fully saturated rings. The highest BCUT2D eigenvalue weighted by Gasteiger charge is 2.05. The first kappa shape index (κ1) is 15.2. The number of rotatable bonds is 6. The smallest absolute Gasteiger partial charge is 0.251 e. The number of hydrogen-bond donors (Lipinski definition) is 3. The Hall–Kier alpha value is -1.88. The summed E-state index contributed by atoms with van der Waals surface area (Å²) in [6, 6.07) is 7.24. The van der Waals surface area contributed by atoms with E-state index in [1.165, 1.54) is 6.92 Å². The molecule has 1 unspecified atom stereocenters. The molecule has 1 rings (SSSR count). The quantitative estimate of drug-likeness (QED) is 0.709. The SMILES string of the molecule is CC(=O)NCc1ccc(C(=O)NCCC(C)N)cc1. The first-order chi connectivity index (χ1) is 8.99. The summed E-state index contributed by atoms with van der Waals surface area (Å²) in [5.41, 5.74) is 7.18. The first-order valence-corrected chi connectivity index (χ1v) is 6.36. The Balaban J connectivity index is 2.46. The maximum Gasteiger partial charge on any atom is 0.251 e. The van der Waals surface area contributed by atoms with Crippen LogP contribution in [0.15, 0.2) is 24.3 Å². The lowest BCUT2D eigenvalue weighted by molar-refractivity contribution is -0.119. The summed E-state index contributed by atoms with van der Waals surface area (Å²) >= 11 is 0. The summed E-state index contributed by atoms with van der Waals surface area (Å²) in [4.78, 5) is 22.6. The minimum atomic E-state index is -0.105. The average molecular weight is 263 g/mol. The molecule has 104 valence electrons. The van der Waals surface area contributed by atoms with E-state index in [1.807, 2.05) is 19.1 Å². The number of benzene rings is 1. The number of hydrogen-bond acceptors (Lipinski definition) is 3. The van der Waals surface area contributed by atoms with Crippen molar-refractivity contribution in [3.05, 3.63) is 35.4 Å². The van der Waals surface area contributed by atoms with Gasteiger partial charge in [0.2, 0.25) is 5.91 Å². The van der Waals surface area contributed by atoms with E-state index >= 15 is 0 Å². The molecule has 0 radical (unpaired) electrons. The molecular weight excluding hydrogens is 242 g/mol. The van der Waals surface area contributed by atoms with Gasteiger partial charge in [-0.15, -0.1) is 0 Å². The largest absolute Gasteiger partial charge is 0.352 e. The van der Waals surface area contributed by atoms with Crippen LogP contribution in [-0.2, 0) is 11.3 Å². The van der Waals surface area contributed by atoms with Gasteiger partial charge in [0.15, 0.2) is 0 Å². The predicted octanol–water partition coefficient (Wildman–Crippen LogP) is 0.790. The molecule has 1 atom stereocenters. The van der Waals surface area contributed by atoms with Crippen molar-refractivity contribution in [3.8, 4) is 0 Å². The highest BCUT2D eigenvalue weighted by atomic mass is 16.2. The van der Waals surface area contributed by atoms with Crippen LogP contribution in [0.3, 0.4) is 0 Å². The average Bonchev–Trinajstić information content (AvgIpc) is 2.36. The van der Waals surface area contributed by atoms with Gasteiger partial charge in [-0.2, -0.15) is 0 Å². The lowest BCUT2D eigenvalue weighted by Gasteiger charge is -2.08. The van der Waals surface area contributed by atoms with Gasteiger partial charge in [-0.3, -0.25) is 9.59 Å². The van der Waals surface area contributed by atoms with Crippen LogP contribution in [0.5, 0.6) is 0 Å². The number of nitrogens with two attached hydrogens (primary N) is 1. The van der Waals surface area contributed by atoms with Crippen molar-refractivity contribution < 1.29 is 9.59 Å². The van der Waals surface area contributed by atoms with E-state index in [9.17, 15) is 9.59 Å². The van der Waals surface area contributed by atoms with Gasteiger partial charge in [0.05, 0.1) is 0 Å². The van der Waals surface area contributed by atoms with Crippen LogP contribution in [0.2, 0.25) is 0 Å². The first-order valence-electron chi connectivity index (χ1n) is 6.36. The molecule has 2 amide bonds. The third-order valence-electron chi connectivity index (χ3n) is 2.64. The third-order valence-corrected chi connectivity index (χ3v) is 2.64. The molecule has 0 bridgehead atoms. The van der Waals surface area contributed by atoms with E-state index < -0.39 is 0 Å². The predicted molar refractivity (Wildman–Crippen MR) is 74.6 cm³/mol. The van der Waals surface area contributed by atoms with E-state index in [4.69, 9.17) is 5.73 Å². The van der Waals surface area contributed by atoms with Crippen LogP contribution in [0.25, 0.3) is 0 Å². The number of carbonyl (C=O) groups is 2. The van der Waals surface area contributed by atoms with Crippen molar-refractivity contribution in [2.24, 2.45) is 5.73 Å². The molecule has 0 spiro atoms. The fourth-order valence-corrected chi connectivity index (χ4v) is 1.52. The maximum atomic E-state index is 11.8. The van der Waals surface area contributed by atoms with Crippen LogP contribution in [-0.4, -0.2) is 24.4 Å². The van der Waals surface area contributed by atoms with Crippen LogP contribution in [0.4, 0.5) is 0 Å². The fraction of sp³-hybridized carbons (Fsp3) is 0.429. The Morgan fingerprint density at radius 2 is 1.84 bits per heavy atom. The minimum absolute atomic E-state index is 0.0716. The highest BCUT2D eigenvalue weighted by molar-refractivity contribution is 5.94.